The Labute approximate surface area is 83.3 Å². The predicted molar refractivity (Wildman–Crippen MR) is 55.5 cm³/mol. The summed E-state index contributed by atoms with van der Waals surface area (Å²) in [4.78, 5) is 4.11. The van der Waals surface area contributed by atoms with Crippen LogP contribution < -0.4 is 5.73 Å². The summed E-state index contributed by atoms with van der Waals surface area (Å²) in [7, 11) is 0. The number of aromatic nitrogens is 1. The van der Waals surface area contributed by atoms with E-state index in [2.05, 4.69) is 20.9 Å². The molecule has 3 N–H and O–H groups in total. The van der Waals surface area contributed by atoms with Crippen molar-refractivity contribution in [3.8, 4) is 5.75 Å². The third kappa shape index (κ3) is 1.45. The molecule has 13 heavy (non-hydrogen) atoms. The number of anilines is 1. The zero-order valence-electron chi connectivity index (χ0n) is 6.66. The topological polar surface area (TPSA) is 59.1 Å². The van der Waals surface area contributed by atoms with Crippen LogP contribution in [-0.4, -0.2) is 10.1 Å². The summed E-state index contributed by atoms with van der Waals surface area (Å²) in [6, 6.07) is 6.86. The number of nitrogen functional groups attached to an aromatic ring is 1. The van der Waals surface area contributed by atoms with Gasteiger partial charge in [-0.05, 0) is 34.1 Å². The maximum absolute atomic E-state index is 9.20. The van der Waals surface area contributed by atoms with Crippen LogP contribution in [0.25, 0.3) is 10.9 Å². The first-order valence-corrected chi connectivity index (χ1v) is 4.51. The van der Waals surface area contributed by atoms with Gasteiger partial charge in [0.05, 0.1) is 9.99 Å². The van der Waals surface area contributed by atoms with Gasteiger partial charge in [0.15, 0.2) is 0 Å². The van der Waals surface area contributed by atoms with Crippen molar-refractivity contribution in [2.75, 3.05) is 5.73 Å². The van der Waals surface area contributed by atoms with Crippen LogP contribution in [0.4, 0.5) is 5.82 Å². The number of nitrogens with zero attached hydrogens (tertiary/aromatic N) is 1. The number of aromatic hydroxyl groups is 1. The molecule has 1 aromatic carbocycles. The number of hydrogen-bond acceptors (Lipinski definition) is 3. The van der Waals surface area contributed by atoms with Crippen LogP contribution in [0, 0.1) is 0 Å². The second kappa shape index (κ2) is 2.88. The minimum Gasteiger partial charge on any atom is -0.508 e. The van der Waals surface area contributed by atoms with Gasteiger partial charge in [-0.3, -0.25) is 0 Å². The first-order valence-electron chi connectivity index (χ1n) is 3.71. The second-order valence-electron chi connectivity index (χ2n) is 2.73. The van der Waals surface area contributed by atoms with Gasteiger partial charge >= 0.3 is 0 Å². The maximum Gasteiger partial charge on any atom is 0.138 e. The summed E-state index contributed by atoms with van der Waals surface area (Å²) in [5, 5.41) is 10.1. The molecular weight excluding hydrogens is 232 g/mol. The zero-order valence-corrected chi connectivity index (χ0v) is 8.25. The fourth-order valence-electron chi connectivity index (χ4n) is 1.14. The summed E-state index contributed by atoms with van der Waals surface area (Å²) in [6.07, 6.45) is 0. The Morgan fingerprint density at radius 1 is 1.31 bits per heavy atom. The predicted octanol–water partition coefficient (Wildman–Crippen LogP) is 2.29. The molecule has 3 nitrogen and oxygen atoms in total. The number of phenols is 1. The number of hydrogen-bond donors (Lipinski definition) is 2. The average molecular weight is 239 g/mol. The highest BCUT2D eigenvalue weighted by Gasteiger charge is 2.01. The Morgan fingerprint density at radius 3 is 2.85 bits per heavy atom. The van der Waals surface area contributed by atoms with Crippen molar-refractivity contribution >= 4 is 32.7 Å². The molecule has 0 saturated carbocycles. The van der Waals surface area contributed by atoms with E-state index in [4.69, 9.17) is 5.73 Å². The van der Waals surface area contributed by atoms with E-state index in [9.17, 15) is 5.11 Å². The molecule has 0 atom stereocenters. The lowest BCUT2D eigenvalue weighted by Gasteiger charge is -2.01. The number of pyridine rings is 1. The van der Waals surface area contributed by atoms with Crippen molar-refractivity contribution in [3.63, 3.8) is 0 Å². The Bertz CT molecular complexity index is 470. The molecule has 0 aliphatic carbocycles. The van der Waals surface area contributed by atoms with E-state index in [-0.39, 0.29) is 5.75 Å². The molecule has 0 bridgehead atoms. The van der Waals surface area contributed by atoms with Gasteiger partial charge in [0.1, 0.15) is 11.6 Å². The second-order valence-corrected chi connectivity index (χ2v) is 3.59. The van der Waals surface area contributed by atoms with Gasteiger partial charge in [-0.25, -0.2) is 4.98 Å². The Morgan fingerprint density at radius 2 is 2.08 bits per heavy atom. The highest BCUT2D eigenvalue weighted by Crippen LogP contribution is 2.25. The molecule has 4 heteroatoms. The standard InChI is InChI=1S/C9H7BrN2O/c10-7-3-5-1-2-6(13)4-8(5)12-9(7)11/h1-4,13H,(H2,11,12). The van der Waals surface area contributed by atoms with Crippen LogP contribution in [0.3, 0.4) is 0 Å². The molecule has 1 aromatic heterocycles. The molecule has 2 rings (SSSR count). The third-order valence-electron chi connectivity index (χ3n) is 1.78. The highest BCUT2D eigenvalue weighted by molar-refractivity contribution is 9.10. The Kier molecular flexibility index (Phi) is 1.84. The molecule has 0 amide bonds. The quantitative estimate of drug-likeness (QED) is 0.741. The SMILES string of the molecule is Nc1nc2cc(O)ccc2cc1Br. The molecule has 66 valence electrons. The Balaban J connectivity index is 2.81. The average Bonchev–Trinajstić information content (AvgIpc) is 2.08. The van der Waals surface area contributed by atoms with Crippen LogP contribution in [0.2, 0.25) is 0 Å². The third-order valence-corrected chi connectivity index (χ3v) is 2.42. The lowest BCUT2D eigenvalue weighted by molar-refractivity contribution is 0.476. The fraction of sp³-hybridized carbons (Fsp3) is 0. The van der Waals surface area contributed by atoms with Gasteiger partial charge in [0.25, 0.3) is 0 Å². The first-order chi connectivity index (χ1) is 6.16. The molecule has 0 aliphatic rings. The van der Waals surface area contributed by atoms with Crippen LogP contribution in [0.15, 0.2) is 28.7 Å². The van der Waals surface area contributed by atoms with E-state index in [1.165, 1.54) is 0 Å². The van der Waals surface area contributed by atoms with Crippen LogP contribution >= 0.6 is 15.9 Å². The van der Waals surface area contributed by atoms with Gasteiger partial charge in [0.2, 0.25) is 0 Å². The van der Waals surface area contributed by atoms with Crippen molar-refractivity contribution in [1.82, 2.24) is 4.98 Å². The molecule has 2 aromatic rings. The van der Waals surface area contributed by atoms with Crippen LogP contribution in [0.5, 0.6) is 5.75 Å². The largest absolute Gasteiger partial charge is 0.508 e. The van der Waals surface area contributed by atoms with E-state index in [1.54, 1.807) is 18.2 Å². The normalized spacial score (nSPS) is 10.5. The summed E-state index contributed by atoms with van der Waals surface area (Å²) in [6.45, 7) is 0. The van der Waals surface area contributed by atoms with Crippen molar-refractivity contribution in [1.29, 1.82) is 0 Å². The van der Waals surface area contributed by atoms with Crippen LogP contribution in [-0.2, 0) is 0 Å². The molecule has 0 unspecified atom stereocenters. The van der Waals surface area contributed by atoms with Crippen molar-refractivity contribution < 1.29 is 5.11 Å². The van der Waals surface area contributed by atoms with Crippen LogP contribution in [0.1, 0.15) is 0 Å². The summed E-state index contributed by atoms with van der Waals surface area (Å²) >= 11 is 3.28. The number of phenolic OH excluding ortho intramolecular Hbond substituents is 1. The lowest BCUT2D eigenvalue weighted by atomic mass is 10.2. The maximum atomic E-state index is 9.20. The zero-order chi connectivity index (χ0) is 9.42. The number of nitrogens with two attached hydrogens (primary N) is 1. The molecule has 1 heterocycles. The highest BCUT2D eigenvalue weighted by atomic mass is 79.9. The fourth-order valence-corrected chi connectivity index (χ4v) is 1.48. The Hall–Kier alpha value is -1.29. The summed E-state index contributed by atoms with van der Waals surface area (Å²) < 4.78 is 0.769. The van der Waals surface area contributed by atoms with E-state index >= 15 is 0 Å². The van der Waals surface area contributed by atoms with Gasteiger partial charge < -0.3 is 10.8 Å². The molecule has 0 spiro atoms. The molecule has 0 aliphatic heterocycles. The minimum absolute atomic E-state index is 0.196. The number of fused-ring (bicyclic) bond motifs is 1. The smallest absolute Gasteiger partial charge is 0.138 e. The number of rotatable bonds is 0. The number of halogens is 1. The molecular formula is C9H7BrN2O. The first kappa shape index (κ1) is 8.31. The van der Waals surface area contributed by atoms with Crippen molar-refractivity contribution in [3.05, 3.63) is 28.7 Å². The van der Waals surface area contributed by atoms with E-state index in [0.29, 0.717) is 11.3 Å². The summed E-state index contributed by atoms with van der Waals surface area (Å²) in [5.74, 6) is 0.625. The van der Waals surface area contributed by atoms with Gasteiger partial charge in [-0.15, -0.1) is 0 Å². The van der Waals surface area contributed by atoms with Crippen molar-refractivity contribution in [2.24, 2.45) is 0 Å². The van der Waals surface area contributed by atoms with Gasteiger partial charge in [-0.1, -0.05) is 0 Å². The van der Waals surface area contributed by atoms with E-state index in [1.807, 2.05) is 6.07 Å². The van der Waals surface area contributed by atoms with Crippen molar-refractivity contribution in [2.45, 2.75) is 0 Å². The summed E-state index contributed by atoms with van der Waals surface area (Å²) in [5.41, 5.74) is 6.29. The minimum atomic E-state index is 0.196. The van der Waals surface area contributed by atoms with E-state index in [0.717, 1.165) is 9.86 Å². The monoisotopic (exact) mass is 238 g/mol. The number of benzene rings is 1. The molecule has 0 radical (unpaired) electrons. The molecule has 0 saturated heterocycles. The van der Waals surface area contributed by atoms with E-state index < -0.39 is 0 Å². The van der Waals surface area contributed by atoms with Gasteiger partial charge in [-0.2, -0.15) is 0 Å². The molecule has 0 fully saturated rings. The lowest BCUT2D eigenvalue weighted by Crippen LogP contribution is -1.91. The van der Waals surface area contributed by atoms with Gasteiger partial charge in [0, 0.05) is 11.5 Å².